The zero-order valence-electron chi connectivity index (χ0n) is 29.4. The highest BCUT2D eigenvalue weighted by molar-refractivity contribution is 7.94. The molecule has 0 atom stereocenters. The Balaban J connectivity index is 1.15. The number of nitrogens with one attached hydrogen (secondary N) is 2. The third-order valence-corrected chi connectivity index (χ3v) is 9.30. The van der Waals surface area contributed by atoms with Gasteiger partial charge >= 0.3 is 0 Å². The Bertz CT molecular complexity index is 2430. The molecule has 6 rings (SSSR count). The van der Waals surface area contributed by atoms with Crippen LogP contribution in [0.4, 0.5) is 39.8 Å². The molecule has 0 saturated heterocycles. The summed E-state index contributed by atoms with van der Waals surface area (Å²) in [5.74, 6) is -0.879. The predicted octanol–water partition coefficient (Wildman–Crippen LogP) is 10.9. The molecule has 0 spiro atoms. The van der Waals surface area contributed by atoms with E-state index in [1.807, 2.05) is 13.8 Å². The molecule has 0 aliphatic carbocycles. The Labute approximate surface area is 327 Å². The molecule has 6 aromatic rings. The van der Waals surface area contributed by atoms with Crippen molar-refractivity contribution in [2.45, 2.75) is 23.6 Å². The number of amides is 2. The average Bonchev–Trinajstić information content (AvgIpc) is 3.20. The van der Waals surface area contributed by atoms with Crippen molar-refractivity contribution >= 4 is 86.5 Å². The largest absolute Gasteiger partial charge is 0.505 e. The van der Waals surface area contributed by atoms with Gasteiger partial charge in [0.2, 0.25) is 0 Å². The van der Waals surface area contributed by atoms with Gasteiger partial charge in [-0.25, -0.2) is 10.5 Å². The number of nitrogens with zero attached hydrogens (tertiary/aromatic N) is 4. The molecular formula is C38H31N7O9S2. The lowest BCUT2D eigenvalue weighted by Gasteiger charge is -2.11. The summed E-state index contributed by atoms with van der Waals surface area (Å²) >= 11 is 1.41. The highest BCUT2D eigenvalue weighted by Crippen LogP contribution is 2.45. The number of benzene rings is 6. The monoisotopic (exact) mass is 793 g/mol. The van der Waals surface area contributed by atoms with E-state index in [1.54, 1.807) is 109 Å². The van der Waals surface area contributed by atoms with Gasteiger partial charge in [-0.3, -0.25) is 9.59 Å². The fraction of sp³-hybridized carbons (Fsp3) is 0.0526. The van der Waals surface area contributed by atoms with Crippen LogP contribution in [0.3, 0.4) is 0 Å². The molecule has 0 radical (unpaired) electrons. The second kappa shape index (κ2) is 18.4. The van der Waals surface area contributed by atoms with E-state index in [4.69, 9.17) is 16.2 Å². The van der Waals surface area contributed by atoms with Crippen molar-refractivity contribution in [2.75, 3.05) is 16.4 Å². The topological polar surface area (TPSA) is 231 Å². The summed E-state index contributed by atoms with van der Waals surface area (Å²) in [6.07, 6.45) is 0. The van der Waals surface area contributed by atoms with Crippen LogP contribution in [0.25, 0.3) is 10.8 Å². The van der Waals surface area contributed by atoms with Gasteiger partial charge < -0.3 is 21.5 Å². The maximum absolute atomic E-state index is 12.8. The van der Waals surface area contributed by atoms with Crippen LogP contribution in [0.15, 0.2) is 139 Å². The molecule has 18 heteroatoms. The van der Waals surface area contributed by atoms with Crippen LogP contribution in [-0.4, -0.2) is 27.4 Å². The van der Waals surface area contributed by atoms with Crippen molar-refractivity contribution in [1.82, 2.24) is 0 Å². The van der Waals surface area contributed by atoms with Crippen LogP contribution in [-0.2, 0) is 18.7 Å². The minimum Gasteiger partial charge on any atom is -0.505 e. The molecule has 7 N–H and O–H groups in total. The van der Waals surface area contributed by atoms with Gasteiger partial charge in [-0.1, -0.05) is 10.1 Å². The molecule has 2 amide bonds. The van der Waals surface area contributed by atoms with E-state index < -0.39 is 0 Å². The smallest absolute Gasteiger partial charge is 0.255 e. The fourth-order valence-corrected chi connectivity index (χ4v) is 6.08. The Hall–Kier alpha value is -6.22. The zero-order chi connectivity index (χ0) is 39.6. The third-order valence-electron chi connectivity index (χ3n) is 8.08. The quantitative estimate of drug-likeness (QED) is 0.0199. The second-order valence-electron chi connectivity index (χ2n) is 11.9. The summed E-state index contributed by atoms with van der Waals surface area (Å²) in [4.78, 5) is 26.4. The van der Waals surface area contributed by atoms with Crippen molar-refractivity contribution in [1.29, 1.82) is 0 Å². The van der Waals surface area contributed by atoms with E-state index in [1.165, 1.54) is 0 Å². The number of phenolic OH excluding ortho intramolecular Hbond substituents is 1. The summed E-state index contributed by atoms with van der Waals surface area (Å²) in [5, 5.41) is 59.8. The van der Waals surface area contributed by atoms with Gasteiger partial charge in [0, 0.05) is 38.5 Å². The molecule has 284 valence electrons. The number of hydrogen-bond acceptors (Lipinski definition) is 16. The van der Waals surface area contributed by atoms with Gasteiger partial charge in [0.05, 0.1) is 46.0 Å². The molecular weight excluding hydrogens is 763 g/mol. The second-order valence-corrected chi connectivity index (χ2v) is 13.4. The number of rotatable bonds is 14. The summed E-state index contributed by atoms with van der Waals surface area (Å²) in [5.41, 5.74) is 11.2. The van der Waals surface area contributed by atoms with Gasteiger partial charge in [0.25, 0.3) is 11.8 Å². The summed E-state index contributed by atoms with van der Waals surface area (Å²) < 4.78 is 9.07. The molecule has 6 aromatic carbocycles. The molecule has 0 aliphatic rings. The van der Waals surface area contributed by atoms with E-state index in [2.05, 4.69) is 49.8 Å². The number of anilines is 3. The van der Waals surface area contributed by atoms with Crippen molar-refractivity contribution in [3.8, 4) is 5.75 Å². The van der Waals surface area contributed by atoms with Crippen LogP contribution < -0.4 is 16.4 Å². The maximum Gasteiger partial charge on any atom is 0.255 e. The first-order valence-electron chi connectivity index (χ1n) is 16.3. The Morgan fingerprint density at radius 1 is 0.643 bits per heavy atom. The Morgan fingerprint density at radius 2 is 1.20 bits per heavy atom. The van der Waals surface area contributed by atoms with Gasteiger partial charge in [-0.05, 0) is 140 Å². The third kappa shape index (κ3) is 9.90. The molecule has 0 fully saturated rings. The molecule has 0 heterocycles. The molecule has 0 aromatic heterocycles. The molecule has 16 nitrogen and oxygen atoms in total. The first kappa shape index (κ1) is 39.5. The Kier molecular flexibility index (Phi) is 13.0. The number of aromatic hydroxyl groups is 1. The summed E-state index contributed by atoms with van der Waals surface area (Å²) in [6.45, 7) is 3.66. The summed E-state index contributed by atoms with van der Waals surface area (Å²) in [7, 11) is 0. The van der Waals surface area contributed by atoms with Gasteiger partial charge in [-0.2, -0.15) is 15.3 Å². The van der Waals surface area contributed by atoms with Crippen LogP contribution in [0, 0.1) is 13.8 Å². The minimum atomic E-state index is -0.344. The van der Waals surface area contributed by atoms with Crippen LogP contribution >= 0.6 is 24.1 Å². The van der Waals surface area contributed by atoms with E-state index >= 15 is 0 Å². The first-order chi connectivity index (χ1) is 27.1. The first-order valence-corrected chi connectivity index (χ1v) is 17.8. The summed E-state index contributed by atoms with van der Waals surface area (Å²) in [6, 6.07) is 30.0. The highest BCUT2D eigenvalue weighted by Gasteiger charge is 2.17. The maximum atomic E-state index is 12.8. The molecule has 0 bridgehead atoms. The molecule has 0 aliphatic heterocycles. The van der Waals surface area contributed by atoms with Gasteiger partial charge in [-0.15, -0.1) is 13.8 Å². The number of nitrogens with two attached hydrogens (primary N) is 1. The number of fused-ring (bicyclic) bond motifs is 1. The lowest BCUT2D eigenvalue weighted by atomic mass is 10.1. The fourth-order valence-electron chi connectivity index (χ4n) is 5.23. The lowest BCUT2D eigenvalue weighted by Crippen LogP contribution is -2.11. The van der Waals surface area contributed by atoms with Crippen LogP contribution in [0.2, 0.25) is 0 Å². The van der Waals surface area contributed by atoms with Crippen LogP contribution in [0.1, 0.15) is 31.8 Å². The minimum absolute atomic E-state index is 0.0491. The lowest BCUT2D eigenvalue weighted by molar-refractivity contribution is -0.432. The molecule has 0 unspecified atom stereocenters. The molecule has 56 heavy (non-hydrogen) atoms. The van der Waals surface area contributed by atoms with E-state index in [0.717, 1.165) is 17.6 Å². The van der Waals surface area contributed by atoms with Crippen LogP contribution in [0.5, 0.6) is 5.75 Å². The number of aryl methyl sites for hydroxylation is 2. The van der Waals surface area contributed by atoms with Gasteiger partial charge in [0.1, 0.15) is 5.69 Å². The van der Waals surface area contributed by atoms with E-state index in [9.17, 15) is 14.7 Å². The normalized spacial score (nSPS) is 11.4. The number of carbonyl (C=O) groups excluding carboxylic acids is 2. The standard InChI is InChI=1S/C38H31N7O9S2/c1-21-18-33(22(2)17-32(21)43-42-28-9-5-24(6-10-28)37(47)40-27-11-14-30(15-12-27)55-53-51-49)44-45-35-34(56-54-52-50)20-25-19-29(13-16-31(25)36(35)46)41-38(48)23-3-7-26(39)8-4-23/h3-20,46,49-50H,39H2,1-2H3,(H,40,47)(H,41,48). The molecule has 0 saturated carbocycles. The van der Waals surface area contributed by atoms with E-state index in [0.29, 0.717) is 78.5 Å². The number of carbonyl (C=O) groups is 2. The van der Waals surface area contributed by atoms with Crippen molar-refractivity contribution in [2.24, 2.45) is 20.5 Å². The van der Waals surface area contributed by atoms with Crippen molar-refractivity contribution in [3.63, 3.8) is 0 Å². The van der Waals surface area contributed by atoms with Gasteiger partial charge in [0.15, 0.2) is 5.75 Å². The predicted molar refractivity (Wildman–Crippen MR) is 211 cm³/mol. The number of phenols is 1. The van der Waals surface area contributed by atoms with Crippen molar-refractivity contribution in [3.05, 3.63) is 131 Å². The number of nitrogen functional groups attached to an aromatic ring is 1. The number of hydrogen-bond donors (Lipinski definition) is 6. The average molecular weight is 794 g/mol. The highest BCUT2D eigenvalue weighted by atomic mass is 32.2. The Morgan fingerprint density at radius 3 is 1.82 bits per heavy atom. The SMILES string of the molecule is Cc1cc(N=Nc2c(SOOO)cc3cc(NC(=O)c4ccc(N)cc4)ccc3c2O)c(C)cc1N=Nc1ccc(C(=O)Nc2ccc(SOOO)cc2)cc1. The zero-order valence-corrected chi connectivity index (χ0v) is 31.0. The van der Waals surface area contributed by atoms with Crippen molar-refractivity contribution < 1.29 is 44.0 Å². The van der Waals surface area contributed by atoms with E-state index in [-0.39, 0.29) is 28.1 Å². The number of azo groups is 2.